The summed E-state index contributed by atoms with van der Waals surface area (Å²) in [5.74, 6) is 0.141. The number of thioether (sulfide) groups is 1. The number of carboxylic acid groups (broad SMARTS) is 1. The van der Waals surface area contributed by atoms with Crippen LogP contribution in [0.3, 0.4) is 0 Å². The van der Waals surface area contributed by atoms with E-state index in [1.165, 1.54) is 0 Å². The van der Waals surface area contributed by atoms with Gasteiger partial charge in [-0.05, 0) is 30.9 Å². The zero-order chi connectivity index (χ0) is 14.7. The Balaban J connectivity index is 2.51. The third-order valence-corrected chi connectivity index (χ3v) is 4.34. The largest absolute Gasteiger partial charge is 0.478 e. The minimum Gasteiger partial charge on any atom is -0.478 e. The van der Waals surface area contributed by atoms with Gasteiger partial charge < -0.3 is 9.67 Å². The van der Waals surface area contributed by atoms with Crippen LogP contribution in [0.15, 0.2) is 18.2 Å². The summed E-state index contributed by atoms with van der Waals surface area (Å²) < 4.78 is 2.23. The minimum atomic E-state index is -0.907. The highest BCUT2D eigenvalue weighted by atomic mass is 32.2. The standard InChI is InChI=1S/C15H20N2O2S/c1-4-5-14-16-12-8-11(15(18)19)6-7-13(12)17(14)9-10(2)20-3/h6-8,10H,4-5,9H2,1-3H3,(H,18,19). The molecule has 1 N–H and O–H groups in total. The number of hydrogen-bond donors (Lipinski definition) is 1. The van der Waals surface area contributed by atoms with Gasteiger partial charge in [-0.1, -0.05) is 13.8 Å². The number of aromatic nitrogens is 2. The molecule has 0 aliphatic rings. The molecule has 0 radical (unpaired) electrons. The first-order valence-corrected chi connectivity index (χ1v) is 8.10. The summed E-state index contributed by atoms with van der Waals surface area (Å²) >= 11 is 1.82. The van der Waals surface area contributed by atoms with Crippen LogP contribution in [0.1, 0.15) is 36.5 Å². The molecular formula is C15H20N2O2S. The van der Waals surface area contributed by atoms with Gasteiger partial charge in [0.05, 0.1) is 16.6 Å². The Morgan fingerprint density at radius 1 is 1.50 bits per heavy atom. The van der Waals surface area contributed by atoms with Crippen LogP contribution in [0.2, 0.25) is 0 Å². The Hall–Kier alpha value is -1.49. The quantitative estimate of drug-likeness (QED) is 0.886. The number of aromatic carboxylic acids is 1. The number of fused-ring (bicyclic) bond motifs is 1. The number of rotatable bonds is 6. The molecule has 0 fully saturated rings. The van der Waals surface area contributed by atoms with E-state index >= 15 is 0 Å². The summed E-state index contributed by atoms with van der Waals surface area (Å²) in [4.78, 5) is 15.7. The van der Waals surface area contributed by atoms with E-state index < -0.39 is 5.97 Å². The molecule has 0 bridgehead atoms. The van der Waals surface area contributed by atoms with Gasteiger partial charge in [-0.2, -0.15) is 11.8 Å². The van der Waals surface area contributed by atoms with Crippen molar-refractivity contribution in [1.82, 2.24) is 9.55 Å². The normalized spacial score (nSPS) is 12.8. The first kappa shape index (κ1) is 14.9. The molecule has 1 atom stereocenters. The van der Waals surface area contributed by atoms with E-state index in [0.717, 1.165) is 36.2 Å². The lowest BCUT2D eigenvalue weighted by molar-refractivity contribution is 0.0697. The van der Waals surface area contributed by atoms with E-state index in [1.54, 1.807) is 12.1 Å². The monoisotopic (exact) mass is 292 g/mol. The molecule has 1 unspecified atom stereocenters. The maximum Gasteiger partial charge on any atom is 0.335 e. The average molecular weight is 292 g/mol. The lowest BCUT2D eigenvalue weighted by atomic mass is 10.2. The van der Waals surface area contributed by atoms with Gasteiger partial charge in [0, 0.05) is 18.2 Å². The zero-order valence-electron chi connectivity index (χ0n) is 12.1. The maximum atomic E-state index is 11.0. The molecule has 1 aromatic carbocycles. The van der Waals surface area contributed by atoms with Crippen molar-refractivity contribution in [3.63, 3.8) is 0 Å². The van der Waals surface area contributed by atoms with Gasteiger partial charge >= 0.3 is 5.97 Å². The highest BCUT2D eigenvalue weighted by molar-refractivity contribution is 7.99. The van der Waals surface area contributed by atoms with Crippen LogP contribution in [-0.4, -0.2) is 32.1 Å². The van der Waals surface area contributed by atoms with Crippen LogP contribution in [0, 0.1) is 0 Å². The van der Waals surface area contributed by atoms with Crippen LogP contribution >= 0.6 is 11.8 Å². The van der Waals surface area contributed by atoms with Crippen molar-refractivity contribution in [1.29, 1.82) is 0 Å². The predicted molar refractivity (Wildman–Crippen MR) is 83.7 cm³/mol. The highest BCUT2D eigenvalue weighted by Gasteiger charge is 2.14. The van der Waals surface area contributed by atoms with Crippen LogP contribution in [-0.2, 0) is 13.0 Å². The minimum absolute atomic E-state index is 0.295. The lowest BCUT2D eigenvalue weighted by Crippen LogP contribution is -2.12. The van der Waals surface area contributed by atoms with Crippen molar-refractivity contribution >= 4 is 28.8 Å². The van der Waals surface area contributed by atoms with E-state index in [-0.39, 0.29) is 0 Å². The molecule has 2 aromatic rings. The van der Waals surface area contributed by atoms with Crippen LogP contribution < -0.4 is 0 Å². The average Bonchev–Trinajstić information content (AvgIpc) is 2.76. The molecule has 5 heteroatoms. The molecule has 0 amide bonds. The Bertz CT molecular complexity index is 622. The van der Waals surface area contributed by atoms with Crippen molar-refractivity contribution in [2.45, 2.75) is 38.5 Å². The van der Waals surface area contributed by atoms with Crippen molar-refractivity contribution < 1.29 is 9.90 Å². The number of carboxylic acids is 1. The second-order valence-electron chi connectivity index (χ2n) is 4.94. The van der Waals surface area contributed by atoms with E-state index in [0.29, 0.717) is 10.8 Å². The summed E-state index contributed by atoms with van der Waals surface area (Å²) in [6.45, 7) is 5.22. The van der Waals surface area contributed by atoms with Gasteiger partial charge in [-0.15, -0.1) is 0 Å². The number of aryl methyl sites for hydroxylation is 1. The van der Waals surface area contributed by atoms with Gasteiger partial charge in [-0.3, -0.25) is 0 Å². The van der Waals surface area contributed by atoms with Gasteiger partial charge in [0.1, 0.15) is 5.82 Å². The molecule has 0 aliphatic heterocycles. The first-order valence-electron chi connectivity index (χ1n) is 6.82. The molecule has 4 nitrogen and oxygen atoms in total. The Morgan fingerprint density at radius 3 is 2.85 bits per heavy atom. The summed E-state index contributed by atoms with van der Waals surface area (Å²) in [6, 6.07) is 5.19. The van der Waals surface area contributed by atoms with Crippen molar-refractivity contribution in [3.8, 4) is 0 Å². The van der Waals surface area contributed by atoms with Crippen molar-refractivity contribution in [2.75, 3.05) is 6.26 Å². The summed E-state index contributed by atoms with van der Waals surface area (Å²) in [5.41, 5.74) is 2.10. The maximum absolute atomic E-state index is 11.0. The number of nitrogens with zero attached hydrogens (tertiary/aromatic N) is 2. The summed E-state index contributed by atoms with van der Waals surface area (Å²) in [5, 5.41) is 9.57. The lowest BCUT2D eigenvalue weighted by Gasteiger charge is -2.13. The van der Waals surface area contributed by atoms with Gasteiger partial charge in [0.2, 0.25) is 0 Å². The summed E-state index contributed by atoms with van der Waals surface area (Å²) in [7, 11) is 0. The smallest absolute Gasteiger partial charge is 0.335 e. The molecule has 0 spiro atoms. The van der Waals surface area contributed by atoms with Crippen LogP contribution in [0.4, 0.5) is 0 Å². The van der Waals surface area contributed by atoms with E-state index in [9.17, 15) is 4.79 Å². The van der Waals surface area contributed by atoms with Gasteiger partial charge in [0.25, 0.3) is 0 Å². The fraction of sp³-hybridized carbons (Fsp3) is 0.467. The van der Waals surface area contributed by atoms with Crippen LogP contribution in [0.25, 0.3) is 11.0 Å². The molecule has 0 saturated carbocycles. The fourth-order valence-electron chi connectivity index (χ4n) is 2.26. The molecule has 0 aliphatic carbocycles. The second-order valence-corrected chi connectivity index (χ2v) is 6.22. The third kappa shape index (κ3) is 2.98. The Labute approximate surface area is 123 Å². The summed E-state index contributed by atoms with van der Waals surface area (Å²) in [6.07, 6.45) is 4.05. The number of carbonyl (C=O) groups is 1. The third-order valence-electron chi connectivity index (χ3n) is 3.39. The SMILES string of the molecule is CCCc1nc2cc(C(=O)O)ccc2n1CC(C)SC. The topological polar surface area (TPSA) is 55.1 Å². The Kier molecular flexibility index (Phi) is 4.70. The highest BCUT2D eigenvalue weighted by Crippen LogP contribution is 2.21. The van der Waals surface area contributed by atoms with Crippen molar-refractivity contribution in [3.05, 3.63) is 29.6 Å². The van der Waals surface area contributed by atoms with Crippen LogP contribution in [0.5, 0.6) is 0 Å². The van der Waals surface area contributed by atoms with Crippen molar-refractivity contribution in [2.24, 2.45) is 0 Å². The van der Waals surface area contributed by atoms with E-state index in [2.05, 4.69) is 29.7 Å². The fourth-order valence-corrected chi connectivity index (χ4v) is 2.56. The first-order chi connectivity index (χ1) is 9.56. The number of hydrogen-bond acceptors (Lipinski definition) is 3. The molecule has 0 saturated heterocycles. The van der Waals surface area contributed by atoms with E-state index in [4.69, 9.17) is 5.11 Å². The number of imidazole rings is 1. The number of benzene rings is 1. The molecule has 1 heterocycles. The Morgan fingerprint density at radius 2 is 2.25 bits per heavy atom. The van der Waals surface area contributed by atoms with E-state index in [1.807, 2.05) is 17.8 Å². The molecule has 20 heavy (non-hydrogen) atoms. The molecule has 1 aromatic heterocycles. The second kappa shape index (κ2) is 6.31. The molecular weight excluding hydrogens is 272 g/mol. The molecule has 2 rings (SSSR count). The predicted octanol–water partition coefficient (Wildman–Crippen LogP) is 3.44. The zero-order valence-corrected chi connectivity index (χ0v) is 12.9. The molecule has 108 valence electrons. The van der Waals surface area contributed by atoms with Gasteiger partial charge in [0.15, 0.2) is 0 Å². The van der Waals surface area contributed by atoms with Gasteiger partial charge in [-0.25, -0.2) is 9.78 Å².